The second kappa shape index (κ2) is 8.37. The molecule has 0 aliphatic heterocycles. The number of carboxylic acids is 1. The van der Waals surface area contributed by atoms with E-state index in [9.17, 15) is 9.59 Å². The summed E-state index contributed by atoms with van der Waals surface area (Å²) < 4.78 is 0.925. The van der Waals surface area contributed by atoms with E-state index in [-0.39, 0.29) is 6.42 Å². The molecule has 0 fully saturated rings. The topological polar surface area (TPSA) is 117 Å². The second-order valence-corrected chi connectivity index (χ2v) is 6.35. The molecule has 2 heterocycles. The van der Waals surface area contributed by atoms with Crippen molar-refractivity contribution < 1.29 is 14.7 Å². The number of carboxylic acid groups (broad SMARTS) is 1. The van der Waals surface area contributed by atoms with Gasteiger partial charge in [-0.3, -0.25) is 9.59 Å². The number of anilines is 3. The van der Waals surface area contributed by atoms with Crippen molar-refractivity contribution in [3.8, 4) is 0 Å². The summed E-state index contributed by atoms with van der Waals surface area (Å²) in [4.78, 5) is 34.9. The fraction of sp³-hybridized carbons (Fsp3) is 0.0556. The number of nitrogens with one attached hydrogen (secondary N) is 2. The van der Waals surface area contributed by atoms with Gasteiger partial charge in [0.25, 0.3) is 0 Å². The molecule has 1 aromatic carbocycles. The first-order chi connectivity index (χ1) is 13.0. The maximum absolute atomic E-state index is 11.9. The zero-order chi connectivity index (χ0) is 19.2. The van der Waals surface area contributed by atoms with Gasteiger partial charge in [0.2, 0.25) is 5.91 Å². The van der Waals surface area contributed by atoms with Crippen LogP contribution in [0.15, 0.2) is 59.5 Å². The molecule has 1 amide bonds. The molecule has 0 bridgehead atoms. The van der Waals surface area contributed by atoms with Gasteiger partial charge in [0.05, 0.1) is 18.1 Å². The quantitative estimate of drug-likeness (QED) is 0.515. The van der Waals surface area contributed by atoms with Crippen molar-refractivity contribution in [3.05, 3.63) is 59.5 Å². The Balaban J connectivity index is 1.84. The number of benzene rings is 1. The summed E-state index contributed by atoms with van der Waals surface area (Å²) in [6.07, 6.45) is 5.15. The van der Waals surface area contributed by atoms with Gasteiger partial charge in [0.1, 0.15) is 18.0 Å². The summed E-state index contributed by atoms with van der Waals surface area (Å²) in [5.41, 5.74) is 1.45. The predicted octanol–water partition coefficient (Wildman–Crippen LogP) is 3.50. The lowest BCUT2D eigenvalue weighted by molar-refractivity contribution is -0.136. The Morgan fingerprint density at radius 2 is 2.04 bits per heavy atom. The van der Waals surface area contributed by atoms with Gasteiger partial charge in [-0.2, -0.15) is 0 Å². The van der Waals surface area contributed by atoms with Gasteiger partial charge in [-0.1, -0.05) is 28.1 Å². The zero-order valence-electron chi connectivity index (χ0n) is 13.9. The van der Waals surface area contributed by atoms with Crippen LogP contribution in [0, 0.1) is 0 Å². The number of pyridine rings is 1. The number of hydrogen-bond acceptors (Lipinski definition) is 6. The van der Waals surface area contributed by atoms with Crippen LogP contribution in [0.1, 0.15) is 6.42 Å². The van der Waals surface area contributed by atoms with Crippen molar-refractivity contribution in [1.29, 1.82) is 0 Å². The van der Waals surface area contributed by atoms with Gasteiger partial charge >= 0.3 is 5.97 Å². The van der Waals surface area contributed by atoms with Crippen LogP contribution >= 0.6 is 15.9 Å². The van der Waals surface area contributed by atoms with Gasteiger partial charge in [-0.25, -0.2) is 15.0 Å². The van der Waals surface area contributed by atoms with E-state index < -0.39 is 11.9 Å². The fourth-order valence-corrected chi connectivity index (χ4v) is 2.66. The highest BCUT2D eigenvalue weighted by Crippen LogP contribution is 2.25. The summed E-state index contributed by atoms with van der Waals surface area (Å²) >= 11 is 3.42. The maximum atomic E-state index is 11.9. The van der Waals surface area contributed by atoms with Crippen LogP contribution in [0.25, 0.3) is 10.9 Å². The number of amides is 1. The lowest BCUT2D eigenvalue weighted by Crippen LogP contribution is -2.09. The first kappa shape index (κ1) is 18.5. The third-order valence-corrected chi connectivity index (χ3v) is 3.92. The maximum Gasteiger partial charge on any atom is 0.307 e. The summed E-state index contributed by atoms with van der Waals surface area (Å²) in [6, 6.07) is 9.27. The number of fused-ring (bicyclic) bond motifs is 1. The molecule has 0 aliphatic carbocycles. The minimum absolute atomic E-state index is 0.229. The van der Waals surface area contributed by atoms with Crippen LogP contribution in [0.3, 0.4) is 0 Å². The first-order valence-electron chi connectivity index (χ1n) is 7.84. The van der Waals surface area contributed by atoms with Crippen LogP contribution in [0.4, 0.5) is 17.3 Å². The van der Waals surface area contributed by atoms with Crippen molar-refractivity contribution in [3.63, 3.8) is 0 Å². The Labute approximate surface area is 162 Å². The third-order valence-electron chi connectivity index (χ3n) is 3.42. The van der Waals surface area contributed by atoms with E-state index >= 15 is 0 Å². The number of hydrogen-bond donors (Lipinski definition) is 3. The Bertz CT molecular complexity index is 1040. The Morgan fingerprint density at radius 3 is 2.81 bits per heavy atom. The minimum atomic E-state index is -1.01. The molecular formula is C18H14BrN5O3. The number of carbonyl (C=O) groups is 2. The van der Waals surface area contributed by atoms with Crippen molar-refractivity contribution in [2.75, 3.05) is 10.6 Å². The van der Waals surface area contributed by atoms with E-state index in [1.54, 1.807) is 6.07 Å². The van der Waals surface area contributed by atoms with Gasteiger partial charge in [-0.05, 0) is 30.3 Å². The minimum Gasteiger partial charge on any atom is -0.481 e. The molecule has 3 aromatic rings. The van der Waals surface area contributed by atoms with E-state index in [0.717, 1.165) is 16.2 Å². The summed E-state index contributed by atoms with van der Waals surface area (Å²) in [5.74, 6) is -0.610. The lowest BCUT2D eigenvalue weighted by Gasteiger charge is -2.09. The summed E-state index contributed by atoms with van der Waals surface area (Å²) in [7, 11) is 0. The normalized spacial score (nSPS) is 10.9. The van der Waals surface area contributed by atoms with E-state index in [4.69, 9.17) is 5.11 Å². The van der Waals surface area contributed by atoms with Gasteiger partial charge in [-0.15, -0.1) is 0 Å². The van der Waals surface area contributed by atoms with Gasteiger partial charge < -0.3 is 15.7 Å². The van der Waals surface area contributed by atoms with Crippen LogP contribution in [-0.2, 0) is 9.59 Å². The van der Waals surface area contributed by atoms with Crippen molar-refractivity contribution >= 4 is 56.0 Å². The Hall–Kier alpha value is -3.33. The van der Waals surface area contributed by atoms with Crippen LogP contribution < -0.4 is 10.6 Å². The van der Waals surface area contributed by atoms with Crippen LogP contribution in [-0.4, -0.2) is 31.9 Å². The van der Waals surface area contributed by atoms with E-state index in [2.05, 4.69) is 41.5 Å². The van der Waals surface area contributed by atoms with E-state index in [0.29, 0.717) is 22.5 Å². The highest BCUT2D eigenvalue weighted by molar-refractivity contribution is 9.10. The Kier molecular flexibility index (Phi) is 5.72. The number of rotatable bonds is 6. The smallest absolute Gasteiger partial charge is 0.307 e. The predicted molar refractivity (Wildman–Crippen MR) is 105 cm³/mol. The third kappa shape index (κ3) is 5.08. The first-order valence-corrected chi connectivity index (χ1v) is 8.63. The monoisotopic (exact) mass is 427 g/mol. The molecule has 2 aromatic heterocycles. The largest absolute Gasteiger partial charge is 0.481 e. The SMILES string of the molecule is O=C(O)CC=CC(=O)Nc1cc2c(Nc3cccc(Br)c3)ncnc2cn1. The average Bonchev–Trinajstić information content (AvgIpc) is 2.62. The molecule has 0 aliphatic rings. The highest BCUT2D eigenvalue weighted by atomic mass is 79.9. The molecule has 0 saturated carbocycles. The molecule has 3 N–H and O–H groups in total. The molecule has 0 atom stereocenters. The van der Waals surface area contributed by atoms with E-state index in [1.807, 2.05) is 24.3 Å². The van der Waals surface area contributed by atoms with E-state index in [1.165, 1.54) is 18.6 Å². The standard InChI is InChI=1S/C18H14BrN5O3/c19-11-3-1-4-12(7-11)23-18-13-8-15(20-9-14(13)21-10-22-18)24-16(25)5-2-6-17(26)27/h1-5,7-10H,6H2,(H,26,27)(H,20,24,25)(H,21,22,23). The number of carbonyl (C=O) groups excluding carboxylic acids is 1. The van der Waals surface area contributed by atoms with Crippen molar-refractivity contribution in [2.24, 2.45) is 0 Å². The van der Waals surface area contributed by atoms with Crippen LogP contribution in [0.2, 0.25) is 0 Å². The van der Waals surface area contributed by atoms with Gasteiger partial charge in [0.15, 0.2) is 0 Å². The van der Waals surface area contributed by atoms with Gasteiger partial charge in [0, 0.05) is 15.5 Å². The van der Waals surface area contributed by atoms with Crippen molar-refractivity contribution in [1.82, 2.24) is 15.0 Å². The molecule has 136 valence electrons. The summed E-state index contributed by atoms with van der Waals surface area (Å²) in [6.45, 7) is 0. The number of aliphatic carboxylic acids is 1. The molecule has 0 spiro atoms. The molecular weight excluding hydrogens is 414 g/mol. The number of halogens is 1. The summed E-state index contributed by atoms with van der Waals surface area (Å²) in [5, 5.41) is 15.1. The number of aromatic nitrogens is 3. The molecule has 0 radical (unpaired) electrons. The molecule has 9 heteroatoms. The molecule has 0 unspecified atom stereocenters. The van der Waals surface area contributed by atoms with Crippen LogP contribution in [0.5, 0.6) is 0 Å². The molecule has 8 nitrogen and oxygen atoms in total. The highest BCUT2D eigenvalue weighted by Gasteiger charge is 2.08. The van der Waals surface area contributed by atoms with Crippen molar-refractivity contribution in [2.45, 2.75) is 6.42 Å². The fourth-order valence-electron chi connectivity index (χ4n) is 2.26. The molecule has 0 saturated heterocycles. The Morgan fingerprint density at radius 1 is 1.19 bits per heavy atom. The molecule has 27 heavy (non-hydrogen) atoms. The zero-order valence-corrected chi connectivity index (χ0v) is 15.5. The average molecular weight is 428 g/mol. The second-order valence-electron chi connectivity index (χ2n) is 5.43. The number of nitrogens with zero attached hydrogens (tertiary/aromatic N) is 3. The lowest BCUT2D eigenvalue weighted by atomic mass is 10.2. The molecule has 3 rings (SSSR count).